The van der Waals surface area contributed by atoms with Gasteiger partial charge < -0.3 is 10.8 Å². The predicted octanol–water partition coefficient (Wildman–Crippen LogP) is -2.06. The number of hydrogen-bond acceptors (Lipinski definition) is 3. The van der Waals surface area contributed by atoms with Crippen LogP contribution in [0.3, 0.4) is 0 Å². The fraction of sp³-hybridized carbons (Fsp3) is 0.200. The summed E-state index contributed by atoms with van der Waals surface area (Å²) in [7, 11) is 1.50. The Morgan fingerprint density at radius 3 is 2.80 bits per heavy atom. The molecule has 1 heterocycles. The Bertz CT molecular complexity index is 209. The summed E-state index contributed by atoms with van der Waals surface area (Å²) in [4.78, 5) is 7.27. The van der Waals surface area contributed by atoms with E-state index in [4.69, 9.17) is 16.3 Å². The summed E-state index contributed by atoms with van der Waals surface area (Å²) < 4.78 is 4.70. The van der Waals surface area contributed by atoms with E-state index in [2.05, 4.69) is 16.0 Å². The molecule has 0 radical (unpaired) electrons. The number of ether oxygens (including phenoxy) is 1. The van der Waals surface area contributed by atoms with Crippen LogP contribution in [0.1, 0.15) is 0 Å². The maximum atomic E-state index is 5.40. The first-order valence-electron chi connectivity index (χ1n) is 2.27. The van der Waals surface area contributed by atoms with Gasteiger partial charge in [-0.15, -0.1) is 6.20 Å². The Kier molecular flexibility index (Phi) is 4.46. The second-order valence-corrected chi connectivity index (χ2v) is 1.63. The van der Waals surface area contributed by atoms with Crippen LogP contribution in [0.5, 0.6) is 5.88 Å². The number of hydrogen-bond donors (Lipinski definition) is 0. The minimum Gasteiger partial charge on any atom is -0.515 e. The molecule has 1 rings (SSSR count). The van der Waals surface area contributed by atoms with Gasteiger partial charge in [0.15, 0.2) is 0 Å². The van der Waals surface area contributed by atoms with Gasteiger partial charge in [0.2, 0.25) is 5.28 Å². The van der Waals surface area contributed by atoms with Crippen LogP contribution in [0.2, 0.25) is 5.28 Å². The fourth-order valence-corrected chi connectivity index (χ4v) is 0.516. The number of methoxy groups -OCH3 is 1. The van der Waals surface area contributed by atoms with Gasteiger partial charge in [0.25, 0.3) is 0 Å². The van der Waals surface area contributed by atoms with Gasteiger partial charge in [-0.05, 0) is 11.6 Å². The normalized spacial score (nSPS) is 8.20. The molecule has 0 amide bonds. The van der Waals surface area contributed by atoms with E-state index in [9.17, 15) is 0 Å². The maximum absolute atomic E-state index is 5.40. The van der Waals surface area contributed by atoms with Crippen LogP contribution in [0.4, 0.5) is 0 Å². The standard InChI is InChI=1S/C5H4ClN2O.Li/c1-9-4-2-3-7-5(6)8-4;/h3H,1H3;/q-1;+1. The molecule has 1 aromatic rings. The molecule has 0 saturated carbocycles. The monoisotopic (exact) mass is 150 g/mol. The third kappa shape index (κ3) is 2.57. The van der Waals surface area contributed by atoms with Crippen LogP contribution >= 0.6 is 11.6 Å². The summed E-state index contributed by atoms with van der Waals surface area (Å²) in [5.41, 5.74) is 0. The second kappa shape index (κ2) is 4.56. The van der Waals surface area contributed by atoms with Gasteiger partial charge in [0, 0.05) is 5.88 Å². The molecule has 1 aromatic heterocycles. The molecular weight excluding hydrogens is 146 g/mol. The molecule has 0 unspecified atom stereocenters. The SMILES string of the molecule is COc1[c-]cnc(Cl)n1.[Li+]. The third-order valence-corrected chi connectivity index (χ3v) is 0.928. The van der Waals surface area contributed by atoms with Crippen molar-refractivity contribution in [2.24, 2.45) is 0 Å². The topological polar surface area (TPSA) is 35.0 Å². The Balaban J connectivity index is 0.000000810. The molecule has 10 heavy (non-hydrogen) atoms. The zero-order valence-corrected chi connectivity index (χ0v) is 6.51. The van der Waals surface area contributed by atoms with Gasteiger partial charge in [-0.3, -0.25) is 4.98 Å². The first-order chi connectivity index (χ1) is 4.33. The van der Waals surface area contributed by atoms with E-state index in [1.54, 1.807) is 0 Å². The molecule has 0 saturated heterocycles. The minimum absolute atomic E-state index is 0. The van der Waals surface area contributed by atoms with Crippen LogP contribution in [-0.4, -0.2) is 17.1 Å². The van der Waals surface area contributed by atoms with Gasteiger partial charge in [0.05, 0.1) is 7.11 Å². The van der Waals surface area contributed by atoms with Gasteiger partial charge >= 0.3 is 18.9 Å². The van der Waals surface area contributed by atoms with Crippen molar-refractivity contribution >= 4 is 11.6 Å². The van der Waals surface area contributed by atoms with Crippen molar-refractivity contribution in [3.05, 3.63) is 17.5 Å². The molecule has 0 fully saturated rings. The molecule has 0 aliphatic heterocycles. The van der Waals surface area contributed by atoms with E-state index in [1.165, 1.54) is 13.3 Å². The van der Waals surface area contributed by atoms with Crippen molar-refractivity contribution in [1.29, 1.82) is 0 Å². The summed E-state index contributed by atoms with van der Waals surface area (Å²) >= 11 is 5.40. The van der Waals surface area contributed by atoms with Crippen LogP contribution in [-0.2, 0) is 0 Å². The Morgan fingerprint density at radius 1 is 1.70 bits per heavy atom. The predicted molar refractivity (Wildman–Crippen MR) is 32.4 cm³/mol. The molecule has 0 bridgehead atoms. The average Bonchev–Trinajstić information content (AvgIpc) is 1.88. The number of nitrogens with zero attached hydrogens (tertiary/aromatic N) is 2. The van der Waals surface area contributed by atoms with Crippen molar-refractivity contribution in [3.63, 3.8) is 0 Å². The van der Waals surface area contributed by atoms with E-state index in [-0.39, 0.29) is 24.1 Å². The summed E-state index contributed by atoms with van der Waals surface area (Å²) in [5, 5.41) is 0.172. The van der Waals surface area contributed by atoms with Gasteiger partial charge in [0.1, 0.15) is 0 Å². The number of halogens is 1. The van der Waals surface area contributed by atoms with Crippen LogP contribution in [0, 0.1) is 6.07 Å². The molecule has 0 N–H and O–H groups in total. The zero-order chi connectivity index (χ0) is 6.69. The maximum Gasteiger partial charge on any atom is 1.00 e. The zero-order valence-electron chi connectivity index (χ0n) is 5.76. The van der Waals surface area contributed by atoms with Crippen molar-refractivity contribution < 1.29 is 23.6 Å². The second-order valence-electron chi connectivity index (χ2n) is 1.29. The van der Waals surface area contributed by atoms with Gasteiger partial charge in [-0.2, -0.15) is 0 Å². The van der Waals surface area contributed by atoms with Gasteiger partial charge in [-0.1, -0.05) is 0 Å². The van der Waals surface area contributed by atoms with Crippen molar-refractivity contribution in [2.75, 3.05) is 7.11 Å². The molecule has 5 heteroatoms. The molecule has 48 valence electrons. The fourth-order valence-electron chi connectivity index (χ4n) is 0.390. The number of aromatic nitrogens is 2. The van der Waals surface area contributed by atoms with E-state index < -0.39 is 0 Å². The van der Waals surface area contributed by atoms with Crippen LogP contribution in [0.15, 0.2) is 6.20 Å². The molecular formula is C5H4ClLiN2O. The summed E-state index contributed by atoms with van der Waals surface area (Å²) in [6, 6.07) is 2.63. The Labute approximate surface area is 76.0 Å². The first kappa shape index (κ1) is 9.77. The minimum atomic E-state index is 0. The Hall–Kier alpha value is -0.233. The quantitative estimate of drug-likeness (QED) is 0.262. The van der Waals surface area contributed by atoms with E-state index >= 15 is 0 Å². The molecule has 0 spiro atoms. The van der Waals surface area contributed by atoms with Crippen LogP contribution in [0.25, 0.3) is 0 Å². The number of rotatable bonds is 1. The molecule has 3 nitrogen and oxygen atoms in total. The Morgan fingerprint density at radius 2 is 2.40 bits per heavy atom. The molecule has 0 aliphatic carbocycles. The first-order valence-corrected chi connectivity index (χ1v) is 2.65. The molecule has 0 aliphatic rings. The third-order valence-electron chi connectivity index (χ3n) is 0.746. The summed E-state index contributed by atoms with van der Waals surface area (Å²) in [5.74, 6) is 0.356. The smallest absolute Gasteiger partial charge is 0.515 e. The largest absolute Gasteiger partial charge is 1.00 e. The van der Waals surface area contributed by atoms with E-state index in [0.29, 0.717) is 5.88 Å². The van der Waals surface area contributed by atoms with Crippen molar-refractivity contribution in [3.8, 4) is 5.88 Å². The summed E-state index contributed by atoms with van der Waals surface area (Å²) in [6.45, 7) is 0. The van der Waals surface area contributed by atoms with E-state index in [1.807, 2.05) is 0 Å². The molecule has 0 atom stereocenters. The summed E-state index contributed by atoms with van der Waals surface area (Å²) in [6.07, 6.45) is 1.41. The average molecular weight is 150 g/mol. The van der Waals surface area contributed by atoms with Gasteiger partial charge in [-0.25, -0.2) is 4.98 Å². The van der Waals surface area contributed by atoms with Crippen LogP contribution < -0.4 is 23.6 Å². The molecule has 0 aromatic carbocycles. The van der Waals surface area contributed by atoms with E-state index in [0.717, 1.165) is 0 Å². The van der Waals surface area contributed by atoms with Crippen molar-refractivity contribution in [1.82, 2.24) is 9.97 Å². The van der Waals surface area contributed by atoms with Crippen molar-refractivity contribution in [2.45, 2.75) is 0 Å².